The average Bonchev–Trinajstić information content (AvgIpc) is 3.10. The van der Waals surface area contributed by atoms with E-state index in [1.54, 1.807) is 24.3 Å². The Kier molecular flexibility index (Phi) is 4.42. The number of ketones is 1. The number of hydrogen-bond donors (Lipinski definition) is 1. The molecule has 7 heteroatoms. The highest BCUT2D eigenvalue weighted by atomic mass is 16.1. The lowest BCUT2D eigenvalue weighted by Gasteiger charge is -2.09. The predicted octanol–water partition coefficient (Wildman–Crippen LogP) is 2.05. The zero-order valence-electron chi connectivity index (χ0n) is 13.0. The van der Waals surface area contributed by atoms with Crippen molar-refractivity contribution < 1.29 is 9.59 Å². The van der Waals surface area contributed by atoms with E-state index in [-0.39, 0.29) is 18.1 Å². The van der Waals surface area contributed by atoms with Gasteiger partial charge in [-0.3, -0.25) is 9.59 Å². The minimum Gasteiger partial charge on any atom is -0.325 e. The first-order chi connectivity index (χ1) is 11.6. The lowest BCUT2D eigenvalue weighted by atomic mass is 10.1. The monoisotopic (exact) mass is 321 g/mol. The maximum Gasteiger partial charge on any atom is 0.228 e. The number of nitrogens with zero attached hydrogens (tertiary/aromatic N) is 4. The fourth-order valence-corrected chi connectivity index (χ4v) is 2.33. The molecule has 0 aliphatic rings. The molecule has 0 fully saturated rings. The largest absolute Gasteiger partial charge is 0.325 e. The molecule has 24 heavy (non-hydrogen) atoms. The second-order valence-electron chi connectivity index (χ2n) is 5.25. The Morgan fingerprint density at radius 1 is 1.08 bits per heavy atom. The third-order valence-corrected chi connectivity index (χ3v) is 3.50. The quantitative estimate of drug-likeness (QED) is 0.726. The van der Waals surface area contributed by atoms with Gasteiger partial charge in [-0.15, -0.1) is 5.10 Å². The van der Waals surface area contributed by atoms with Crippen LogP contribution in [-0.2, 0) is 11.2 Å². The molecule has 0 spiro atoms. The second-order valence-corrected chi connectivity index (χ2v) is 5.25. The lowest BCUT2D eigenvalue weighted by Crippen LogP contribution is -2.16. The molecule has 0 aliphatic heterocycles. The van der Waals surface area contributed by atoms with Crippen molar-refractivity contribution in [1.29, 1.82) is 0 Å². The number of hydrogen-bond acceptors (Lipinski definition) is 5. The van der Waals surface area contributed by atoms with Crippen LogP contribution in [0.3, 0.4) is 0 Å². The first-order valence-electron chi connectivity index (χ1n) is 7.35. The summed E-state index contributed by atoms with van der Waals surface area (Å²) in [5.74, 6) is -0.268. The Balaban J connectivity index is 1.68. The molecule has 1 heterocycles. The number of amides is 1. The fourth-order valence-electron chi connectivity index (χ4n) is 2.33. The predicted molar refractivity (Wildman–Crippen MR) is 87.9 cm³/mol. The summed E-state index contributed by atoms with van der Waals surface area (Å²) in [5, 5.41) is 13.7. The molecule has 120 valence electrons. The normalized spacial score (nSPS) is 10.4. The SMILES string of the molecule is CC(=O)c1ccccc1NC(=O)Cc1ccc(-n2cnnn2)cc1. The summed E-state index contributed by atoms with van der Waals surface area (Å²) >= 11 is 0. The summed E-state index contributed by atoms with van der Waals surface area (Å²) in [4.78, 5) is 23.8. The van der Waals surface area contributed by atoms with Crippen LogP contribution in [0.4, 0.5) is 5.69 Å². The van der Waals surface area contributed by atoms with Gasteiger partial charge in [0, 0.05) is 5.56 Å². The molecule has 0 saturated carbocycles. The zero-order chi connectivity index (χ0) is 16.9. The van der Waals surface area contributed by atoms with Gasteiger partial charge in [-0.05, 0) is 47.2 Å². The van der Waals surface area contributed by atoms with Gasteiger partial charge in [0.15, 0.2) is 5.78 Å². The first kappa shape index (κ1) is 15.5. The Bertz CT molecular complexity index is 857. The number of nitrogens with one attached hydrogen (secondary N) is 1. The molecule has 0 radical (unpaired) electrons. The molecule has 0 unspecified atom stereocenters. The van der Waals surface area contributed by atoms with Gasteiger partial charge in [0.1, 0.15) is 6.33 Å². The summed E-state index contributed by atoms with van der Waals surface area (Å²) in [6, 6.07) is 14.3. The van der Waals surface area contributed by atoms with Crippen LogP contribution < -0.4 is 5.32 Å². The van der Waals surface area contributed by atoms with E-state index in [2.05, 4.69) is 20.8 Å². The maximum absolute atomic E-state index is 12.2. The molecule has 1 amide bonds. The summed E-state index contributed by atoms with van der Waals surface area (Å²) in [6.45, 7) is 1.47. The van der Waals surface area contributed by atoms with Crippen molar-refractivity contribution in [2.45, 2.75) is 13.3 Å². The first-order valence-corrected chi connectivity index (χ1v) is 7.35. The molecule has 3 aromatic rings. The number of carbonyl (C=O) groups excluding carboxylic acids is 2. The van der Waals surface area contributed by atoms with Crippen LogP contribution in [0.5, 0.6) is 0 Å². The van der Waals surface area contributed by atoms with Crippen molar-refractivity contribution >= 4 is 17.4 Å². The number of rotatable bonds is 5. The van der Waals surface area contributed by atoms with Crippen molar-refractivity contribution in [2.24, 2.45) is 0 Å². The van der Waals surface area contributed by atoms with E-state index >= 15 is 0 Å². The van der Waals surface area contributed by atoms with E-state index in [9.17, 15) is 9.59 Å². The van der Waals surface area contributed by atoms with E-state index in [0.717, 1.165) is 11.3 Å². The minimum absolute atomic E-state index is 0.0864. The Hall–Kier alpha value is -3.35. The molecule has 1 N–H and O–H groups in total. The minimum atomic E-state index is -0.182. The van der Waals surface area contributed by atoms with Gasteiger partial charge in [0.05, 0.1) is 17.8 Å². The highest BCUT2D eigenvalue weighted by Gasteiger charge is 2.10. The summed E-state index contributed by atoms with van der Waals surface area (Å²) in [7, 11) is 0. The van der Waals surface area contributed by atoms with Gasteiger partial charge in [0.2, 0.25) is 5.91 Å². The third-order valence-electron chi connectivity index (χ3n) is 3.50. The van der Waals surface area contributed by atoms with Crippen molar-refractivity contribution in [1.82, 2.24) is 20.2 Å². The van der Waals surface area contributed by atoms with Crippen LogP contribution in [0.1, 0.15) is 22.8 Å². The topological polar surface area (TPSA) is 89.8 Å². The van der Waals surface area contributed by atoms with Crippen LogP contribution in [0.25, 0.3) is 5.69 Å². The van der Waals surface area contributed by atoms with E-state index in [0.29, 0.717) is 11.3 Å². The van der Waals surface area contributed by atoms with Crippen LogP contribution in [0.2, 0.25) is 0 Å². The lowest BCUT2D eigenvalue weighted by molar-refractivity contribution is -0.115. The zero-order valence-corrected chi connectivity index (χ0v) is 13.0. The van der Waals surface area contributed by atoms with Gasteiger partial charge in [-0.25, -0.2) is 4.68 Å². The van der Waals surface area contributed by atoms with Gasteiger partial charge >= 0.3 is 0 Å². The molecule has 0 atom stereocenters. The number of aromatic nitrogens is 4. The number of para-hydroxylation sites is 1. The number of carbonyl (C=O) groups is 2. The van der Waals surface area contributed by atoms with E-state index in [4.69, 9.17) is 0 Å². The highest BCUT2D eigenvalue weighted by Crippen LogP contribution is 2.16. The van der Waals surface area contributed by atoms with Crippen LogP contribution in [-0.4, -0.2) is 31.9 Å². The average molecular weight is 321 g/mol. The Morgan fingerprint density at radius 3 is 2.50 bits per heavy atom. The summed E-state index contributed by atoms with van der Waals surface area (Å²) in [5.41, 5.74) is 2.69. The number of benzene rings is 2. The molecule has 0 bridgehead atoms. The van der Waals surface area contributed by atoms with Crippen LogP contribution >= 0.6 is 0 Å². The van der Waals surface area contributed by atoms with E-state index in [1.807, 2.05) is 24.3 Å². The third kappa shape index (κ3) is 3.52. The Labute approximate surface area is 138 Å². The number of anilines is 1. The molecule has 0 aliphatic carbocycles. The maximum atomic E-state index is 12.2. The number of Topliss-reactive ketones (excluding diaryl/α,β-unsaturated/α-hetero) is 1. The van der Waals surface area contributed by atoms with Crippen LogP contribution in [0, 0.1) is 0 Å². The van der Waals surface area contributed by atoms with Crippen LogP contribution in [0.15, 0.2) is 54.9 Å². The van der Waals surface area contributed by atoms with Crippen molar-refractivity contribution in [3.8, 4) is 5.69 Å². The molecular weight excluding hydrogens is 306 g/mol. The molecular formula is C17H15N5O2. The van der Waals surface area contributed by atoms with Crippen molar-refractivity contribution in [3.05, 3.63) is 66.0 Å². The molecule has 1 aromatic heterocycles. The van der Waals surface area contributed by atoms with Gasteiger partial charge in [-0.1, -0.05) is 24.3 Å². The van der Waals surface area contributed by atoms with Gasteiger partial charge < -0.3 is 5.32 Å². The van der Waals surface area contributed by atoms with Gasteiger partial charge in [-0.2, -0.15) is 0 Å². The highest BCUT2D eigenvalue weighted by molar-refractivity contribution is 6.04. The summed E-state index contributed by atoms with van der Waals surface area (Å²) < 4.78 is 1.53. The smallest absolute Gasteiger partial charge is 0.228 e. The standard InChI is InChI=1S/C17H15N5O2/c1-12(23)15-4-2-3-5-16(15)19-17(24)10-13-6-8-14(9-7-13)22-11-18-20-21-22/h2-9,11H,10H2,1H3,(H,19,24). The Morgan fingerprint density at radius 2 is 1.83 bits per heavy atom. The number of tetrazole rings is 1. The molecule has 3 rings (SSSR count). The molecule has 0 saturated heterocycles. The fraction of sp³-hybridized carbons (Fsp3) is 0.118. The molecule has 7 nitrogen and oxygen atoms in total. The summed E-state index contributed by atoms with van der Waals surface area (Å²) in [6.07, 6.45) is 1.71. The van der Waals surface area contributed by atoms with E-state index < -0.39 is 0 Å². The van der Waals surface area contributed by atoms with Crippen molar-refractivity contribution in [2.75, 3.05) is 5.32 Å². The van der Waals surface area contributed by atoms with Gasteiger partial charge in [0.25, 0.3) is 0 Å². The van der Waals surface area contributed by atoms with Crippen molar-refractivity contribution in [3.63, 3.8) is 0 Å². The second kappa shape index (κ2) is 6.82. The molecule has 2 aromatic carbocycles. The van der Waals surface area contributed by atoms with E-state index in [1.165, 1.54) is 17.9 Å².